The molecular formula is C6H6ClN3OS. The number of hydrogen-bond donors (Lipinski definition) is 2. The van der Waals surface area contributed by atoms with Gasteiger partial charge in [-0.2, -0.15) is 0 Å². The second-order valence-corrected chi connectivity index (χ2v) is 3.15. The molecule has 0 unspecified atom stereocenters. The average Bonchev–Trinajstić information content (AvgIpc) is 2.01. The standard InChI is InChI=1S/C6H6ClN3OS/c7-5-3-4(1-2-9-5)12-10-6(8)11/h1-3H,(H3,8,10,11). The third-order valence-electron chi connectivity index (χ3n) is 0.968. The molecule has 1 aromatic rings. The van der Waals surface area contributed by atoms with Crippen molar-refractivity contribution in [1.29, 1.82) is 0 Å². The summed E-state index contributed by atoms with van der Waals surface area (Å²) in [6, 6.07) is 2.75. The maximum Gasteiger partial charge on any atom is 0.322 e. The summed E-state index contributed by atoms with van der Waals surface area (Å²) in [4.78, 5) is 14.9. The summed E-state index contributed by atoms with van der Waals surface area (Å²) in [5.41, 5.74) is 4.86. The van der Waals surface area contributed by atoms with Crippen LogP contribution >= 0.6 is 23.5 Å². The molecule has 6 heteroatoms. The molecule has 2 amide bonds. The minimum atomic E-state index is -0.590. The smallest absolute Gasteiger partial charge is 0.322 e. The molecule has 1 rings (SSSR count). The molecule has 0 spiro atoms. The number of nitrogens with two attached hydrogens (primary N) is 1. The van der Waals surface area contributed by atoms with Crippen molar-refractivity contribution in [3.05, 3.63) is 23.5 Å². The Labute approximate surface area is 78.6 Å². The topological polar surface area (TPSA) is 68.0 Å². The lowest BCUT2D eigenvalue weighted by Gasteiger charge is -1.99. The van der Waals surface area contributed by atoms with E-state index in [2.05, 4.69) is 9.71 Å². The molecule has 64 valence electrons. The van der Waals surface area contributed by atoms with Gasteiger partial charge in [0.15, 0.2) is 0 Å². The quantitative estimate of drug-likeness (QED) is 0.564. The number of amides is 2. The average molecular weight is 204 g/mol. The molecule has 0 aliphatic carbocycles. The number of nitrogens with zero attached hydrogens (tertiary/aromatic N) is 1. The summed E-state index contributed by atoms with van der Waals surface area (Å²) in [6.07, 6.45) is 1.55. The summed E-state index contributed by atoms with van der Waals surface area (Å²) >= 11 is 6.69. The first kappa shape index (κ1) is 9.15. The van der Waals surface area contributed by atoms with Gasteiger partial charge in [0, 0.05) is 11.1 Å². The lowest BCUT2D eigenvalue weighted by Crippen LogP contribution is -2.22. The highest BCUT2D eigenvalue weighted by atomic mass is 35.5. The van der Waals surface area contributed by atoms with Crippen molar-refractivity contribution < 1.29 is 4.79 Å². The van der Waals surface area contributed by atoms with Crippen LogP contribution in [0.15, 0.2) is 23.2 Å². The minimum absolute atomic E-state index is 0.381. The SMILES string of the molecule is NC(=O)NSc1ccnc(Cl)c1. The van der Waals surface area contributed by atoms with E-state index in [0.717, 1.165) is 16.8 Å². The first-order chi connectivity index (χ1) is 5.68. The van der Waals surface area contributed by atoms with Gasteiger partial charge in [-0.25, -0.2) is 9.78 Å². The zero-order valence-corrected chi connectivity index (χ0v) is 7.52. The highest BCUT2D eigenvalue weighted by Crippen LogP contribution is 2.16. The first-order valence-electron chi connectivity index (χ1n) is 3.02. The fraction of sp³-hybridized carbons (Fsp3) is 0. The van der Waals surface area contributed by atoms with Crippen molar-refractivity contribution >= 4 is 29.6 Å². The van der Waals surface area contributed by atoms with Crippen molar-refractivity contribution in [2.45, 2.75) is 4.90 Å². The van der Waals surface area contributed by atoms with Crippen LogP contribution in [0.5, 0.6) is 0 Å². The molecule has 1 heterocycles. The highest BCUT2D eigenvalue weighted by molar-refractivity contribution is 7.98. The predicted octanol–water partition coefficient (Wildman–Crippen LogP) is 1.41. The number of carbonyl (C=O) groups excluding carboxylic acids is 1. The van der Waals surface area contributed by atoms with E-state index in [1.54, 1.807) is 18.3 Å². The summed E-state index contributed by atoms with van der Waals surface area (Å²) in [5, 5.41) is 0.381. The third-order valence-corrected chi connectivity index (χ3v) is 1.97. The molecule has 0 aliphatic heterocycles. The Morgan fingerprint density at radius 2 is 2.50 bits per heavy atom. The van der Waals surface area contributed by atoms with Gasteiger partial charge in [-0.05, 0) is 24.1 Å². The van der Waals surface area contributed by atoms with Gasteiger partial charge in [0.1, 0.15) is 5.15 Å². The molecule has 0 aliphatic rings. The van der Waals surface area contributed by atoms with E-state index in [4.69, 9.17) is 17.3 Å². The van der Waals surface area contributed by atoms with Crippen LogP contribution in [-0.2, 0) is 0 Å². The van der Waals surface area contributed by atoms with Gasteiger partial charge in [0.05, 0.1) is 0 Å². The maximum atomic E-state index is 10.3. The Bertz CT molecular complexity index is 294. The first-order valence-corrected chi connectivity index (χ1v) is 4.22. The summed E-state index contributed by atoms with van der Waals surface area (Å²) in [7, 11) is 0. The Kier molecular flexibility index (Phi) is 3.19. The number of hydrogen-bond acceptors (Lipinski definition) is 3. The zero-order chi connectivity index (χ0) is 8.97. The van der Waals surface area contributed by atoms with Gasteiger partial charge in [-0.3, -0.25) is 4.72 Å². The van der Waals surface area contributed by atoms with E-state index in [1.807, 2.05) is 0 Å². The molecule has 0 saturated heterocycles. The summed E-state index contributed by atoms with van der Waals surface area (Å²) < 4.78 is 2.36. The number of rotatable bonds is 2. The van der Waals surface area contributed by atoms with Gasteiger partial charge in [-0.1, -0.05) is 11.6 Å². The summed E-state index contributed by atoms with van der Waals surface area (Å²) in [6.45, 7) is 0. The Morgan fingerprint density at radius 3 is 3.08 bits per heavy atom. The number of urea groups is 1. The van der Waals surface area contributed by atoms with E-state index in [1.165, 1.54) is 0 Å². The van der Waals surface area contributed by atoms with Crippen LogP contribution in [0, 0.1) is 0 Å². The van der Waals surface area contributed by atoms with Gasteiger partial charge in [-0.15, -0.1) is 0 Å². The number of carbonyl (C=O) groups is 1. The Morgan fingerprint density at radius 1 is 1.75 bits per heavy atom. The van der Waals surface area contributed by atoms with Gasteiger partial charge in [0.25, 0.3) is 0 Å². The van der Waals surface area contributed by atoms with Gasteiger partial charge in [0.2, 0.25) is 0 Å². The molecule has 0 fully saturated rings. The lowest BCUT2D eigenvalue weighted by molar-refractivity contribution is 0.254. The number of aromatic nitrogens is 1. The lowest BCUT2D eigenvalue weighted by atomic mass is 10.5. The van der Waals surface area contributed by atoms with Gasteiger partial charge >= 0.3 is 6.03 Å². The molecule has 0 saturated carbocycles. The van der Waals surface area contributed by atoms with E-state index < -0.39 is 6.03 Å². The Balaban J connectivity index is 2.57. The molecule has 0 atom stereocenters. The molecule has 4 nitrogen and oxygen atoms in total. The molecule has 3 N–H and O–H groups in total. The Hall–Kier alpha value is -0.940. The number of pyridine rings is 1. The molecule has 12 heavy (non-hydrogen) atoms. The molecule has 0 bridgehead atoms. The molecule has 0 radical (unpaired) electrons. The fourth-order valence-corrected chi connectivity index (χ4v) is 1.31. The van der Waals surface area contributed by atoms with Crippen LogP contribution < -0.4 is 10.5 Å². The number of halogens is 1. The second kappa shape index (κ2) is 4.18. The monoisotopic (exact) mass is 203 g/mol. The van der Waals surface area contributed by atoms with Crippen LogP contribution in [-0.4, -0.2) is 11.0 Å². The highest BCUT2D eigenvalue weighted by Gasteiger charge is 1.96. The van der Waals surface area contributed by atoms with Crippen LogP contribution in [0.1, 0.15) is 0 Å². The minimum Gasteiger partial charge on any atom is -0.351 e. The fourth-order valence-electron chi connectivity index (χ4n) is 0.557. The largest absolute Gasteiger partial charge is 0.351 e. The zero-order valence-electron chi connectivity index (χ0n) is 5.95. The number of primary amides is 1. The predicted molar refractivity (Wildman–Crippen MR) is 47.8 cm³/mol. The molecule has 0 aromatic carbocycles. The van der Waals surface area contributed by atoms with Crippen LogP contribution in [0.2, 0.25) is 5.15 Å². The molecule has 1 aromatic heterocycles. The van der Waals surface area contributed by atoms with Crippen LogP contribution in [0.3, 0.4) is 0 Å². The van der Waals surface area contributed by atoms with E-state index >= 15 is 0 Å². The van der Waals surface area contributed by atoms with Crippen LogP contribution in [0.25, 0.3) is 0 Å². The van der Waals surface area contributed by atoms with Crippen molar-refractivity contribution in [3.63, 3.8) is 0 Å². The maximum absolute atomic E-state index is 10.3. The molecular weight excluding hydrogens is 198 g/mol. The normalized spacial score (nSPS) is 9.42. The number of nitrogens with one attached hydrogen (secondary N) is 1. The van der Waals surface area contributed by atoms with Gasteiger partial charge < -0.3 is 5.73 Å². The van der Waals surface area contributed by atoms with Crippen molar-refractivity contribution in [2.75, 3.05) is 0 Å². The third kappa shape index (κ3) is 2.98. The van der Waals surface area contributed by atoms with Crippen molar-refractivity contribution in [3.8, 4) is 0 Å². The van der Waals surface area contributed by atoms with Crippen molar-refractivity contribution in [1.82, 2.24) is 9.71 Å². The van der Waals surface area contributed by atoms with Crippen LogP contribution in [0.4, 0.5) is 4.79 Å². The second-order valence-electron chi connectivity index (χ2n) is 1.88. The van der Waals surface area contributed by atoms with Crippen molar-refractivity contribution in [2.24, 2.45) is 5.73 Å². The summed E-state index contributed by atoms with van der Waals surface area (Å²) in [5.74, 6) is 0. The van der Waals surface area contributed by atoms with E-state index in [9.17, 15) is 4.79 Å². The van der Waals surface area contributed by atoms with E-state index in [-0.39, 0.29) is 0 Å². The van der Waals surface area contributed by atoms with E-state index in [0.29, 0.717) is 5.15 Å².